The molecule has 0 atom stereocenters. The summed E-state index contributed by atoms with van der Waals surface area (Å²) in [6.07, 6.45) is 3.38. The molecule has 50 heavy (non-hydrogen) atoms. The zero-order chi connectivity index (χ0) is 34.6. The summed E-state index contributed by atoms with van der Waals surface area (Å²) in [4.78, 5) is 5.08. The number of aromatic nitrogens is 1. The van der Waals surface area contributed by atoms with Gasteiger partial charge in [0.2, 0.25) is 0 Å². The molecule has 0 spiro atoms. The third-order valence-corrected chi connectivity index (χ3v) is 9.38. The van der Waals surface area contributed by atoms with E-state index < -0.39 is 0 Å². The second-order valence-electron chi connectivity index (χ2n) is 12.6. The van der Waals surface area contributed by atoms with Crippen molar-refractivity contribution in [2.75, 3.05) is 0 Å². The minimum atomic E-state index is 0.629. The van der Waals surface area contributed by atoms with Crippen LogP contribution in [0.25, 0.3) is 55.4 Å². The average Bonchev–Trinajstić information content (AvgIpc) is 3.50. The summed E-state index contributed by atoms with van der Waals surface area (Å²) >= 11 is 0. The fourth-order valence-corrected chi connectivity index (χ4v) is 6.71. The lowest BCUT2D eigenvalue weighted by Crippen LogP contribution is -2.05. The van der Waals surface area contributed by atoms with Gasteiger partial charge < -0.3 is 4.57 Å². The average molecular weight is 645 g/mol. The number of hydrogen-bond donors (Lipinski definition) is 0. The van der Waals surface area contributed by atoms with E-state index in [1.165, 1.54) is 16.3 Å². The highest BCUT2D eigenvalue weighted by Gasteiger charge is 2.18. The van der Waals surface area contributed by atoms with E-state index in [0.29, 0.717) is 16.8 Å². The first-order valence-corrected chi connectivity index (χ1v) is 17.0. The second-order valence-corrected chi connectivity index (χ2v) is 12.6. The Balaban J connectivity index is 1.35. The topological polar surface area (TPSA) is 64.9 Å². The first-order chi connectivity index (χ1) is 24.5. The fourth-order valence-electron chi connectivity index (χ4n) is 6.71. The van der Waals surface area contributed by atoms with Crippen molar-refractivity contribution in [2.24, 2.45) is 4.99 Å². The molecule has 0 bridgehead atoms. The number of benzene rings is 6. The van der Waals surface area contributed by atoms with Gasteiger partial charge in [0.15, 0.2) is 0 Å². The lowest BCUT2D eigenvalue weighted by molar-refractivity contribution is 0.796. The van der Waals surface area contributed by atoms with Gasteiger partial charge in [-0.1, -0.05) is 105 Å². The summed E-state index contributed by atoms with van der Waals surface area (Å²) in [5.41, 5.74) is 13.5. The highest BCUT2D eigenvalue weighted by Crippen LogP contribution is 2.36. The Morgan fingerprint density at radius 3 is 2.08 bits per heavy atom. The number of para-hydroxylation sites is 1. The molecule has 0 amide bonds. The molecule has 0 saturated carbocycles. The fraction of sp³-hybridized carbons (Fsp3) is 0.109. The Labute approximate surface area is 293 Å². The van der Waals surface area contributed by atoms with Gasteiger partial charge in [0.05, 0.1) is 45.7 Å². The molecule has 0 aliphatic heterocycles. The first-order valence-electron chi connectivity index (χ1n) is 17.0. The highest BCUT2D eigenvalue weighted by atomic mass is 15.0. The summed E-state index contributed by atoms with van der Waals surface area (Å²) in [5, 5.41) is 21.2. The van der Waals surface area contributed by atoms with Crippen molar-refractivity contribution in [3.63, 3.8) is 0 Å². The molecule has 1 heterocycles. The van der Waals surface area contributed by atoms with E-state index in [4.69, 9.17) is 10.3 Å². The van der Waals surface area contributed by atoms with Gasteiger partial charge in [0.1, 0.15) is 0 Å². The Kier molecular flexibility index (Phi) is 8.94. The molecule has 4 heteroatoms. The van der Waals surface area contributed by atoms with Crippen molar-refractivity contribution in [1.82, 2.24) is 4.57 Å². The maximum Gasteiger partial charge on any atom is 0.0991 e. The van der Waals surface area contributed by atoms with E-state index in [9.17, 15) is 5.26 Å². The number of hydrogen-bond acceptors (Lipinski definition) is 3. The van der Waals surface area contributed by atoms with Crippen LogP contribution in [0.1, 0.15) is 54.5 Å². The SMILES string of the molecule is C=C(/N=C(\C)c1ccc(-c2cccc(C#N)c2)cc1-n1c2ccccc2c2cc(CCCC)ccc21)c1ccc(-c2ccc(C#N)cc2)cc1. The minimum absolute atomic E-state index is 0.629. The van der Waals surface area contributed by atoms with E-state index in [1.807, 2.05) is 61.5 Å². The number of nitriles is 2. The standard InChI is InChI=1S/C46H36N4/c1-4-5-9-33-16-25-45-43(27-33)42-12-6-7-13-44(42)50(45)46-28-40(39-11-8-10-35(26-39)30-48)23-24-41(46)32(3)49-31(2)36-19-21-38(22-20-36)37-17-14-34(29-47)15-18-37/h6-8,10-28H,2,4-5,9H2,1,3H3/b49-32+. The summed E-state index contributed by atoms with van der Waals surface area (Å²) in [6.45, 7) is 8.64. The molecule has 0 aliphatic rings. The molecule has 0 aliphatic carbocycles. The number of aryl methyl sites for hydroxylation is 1. The molecule has 7 rings (SSSR count). The lowest BCUT2D eigenvalue weighted by Gasteiger charge is -2.16. The number of unbranched alkanes of at least 4 members (excludes halogenated alkanes) is 1. The van der Waals surface area contributed by atoms with Crippen LogP contribution >= 0.6 is 0 Å². The maximum absolute atomic E-state index is 9.63. The van der Waals surface area contributed by atoms with E-state index in [0.717, 1.165) is 75.1 Å². The zero-order valence-electron chi connectivity index (χ0n) is 28.3. The van der Waals surface area contributed by atoms with Crippen LogP contribution < -0.4 is 0 Å². The van der Waals surface area contributed by atoms with Crippen molar-refractivity contribution < 1.29 is 0 Å². The van der Waals surface area contributed by atoms with Crippen molar-refractivity contribution in [3.05, 3.63) is 168 Å². The van der Waals surface area contributed by atoms with Crippen LogP contribution in [0.2, 0.25) is 0 Å². The largest absolute Gasteiger partial charge is 0.309 e. The Bertz CT molecular complexity index is 2500. The molecule has 1 aromatic heterocycles. The van der Waals surface area contributed by atoms with Crippen LogP contribution in [0.3, 0.4) is 0 Å². The highest BCUT2D eigenvalue weighted by molar-refractivity contribution is 6.12. The van der Waals surface area contributed by atoms with Gasteiger partial charge >= 0.3 is 0 Å². The monoisotopic (exact) mass is 644 g/mol. The van der Waals surface area contributed by atoms with Crippen molar-refractivity contribution >= 4 is 33.2 Å². The van der Waals surface area contributed by atoms with Gasteiger partial charge in [-0.05, 0) is 102 Å². The lowest BCUT2D eigenvalue weighted by atomic mass is 9.98. The van der Waals surface area contributed by atoms with Crippen molar-refractivity contribution in [3.8, 4) is 40.1 Å². The molecule has 0 saturated heterocycles. The van der Waals surface area contributed by atoms with Gasteiger partial charge in [-0.2, -0.15) is 10.5 Å². The minimum Gasteiger partial charge on any atom is -0.309 e. The predicted molar refractivity (Wildman–Crippen MR) is 207 cm³/mol. The second kappa shape index (κ2) is 13.9. The van der Waals surface area contributed by atoms with Crippen molar-refractivity contribution in [1.29, 1.82) is 10.5 Å². The van der Waals surface area contributed by atoms with Gasteiger partial charge in [0, 0.05) is 22.0 Å². The quantitative estimate of drug-likeness (QED) is 0.147. The zero-order valence-corrected chi connectivity index (χ0v) is 28.3. The van der Waals surface area contributed by atoms with Crippen LogP contribution in [-0.4, -0.2) is 10.3 Å². The summed E-state index contributed by atoms with van der Waals surface area (Å²) in [7, 11) is 0. The number of aliphatic imine (C=N–C) groups is 1. The molecule has 0 radical (unpaired) electrons. The van der Waals surface area contributed by atoms with Gasteiger partial charge in [-0.25, -0.2) is 0 Å². The molecular weight excluding hydrogens is 609 g/mol. The number of fused-ring (bicyclic) bond motifs is 3. The van der Waals surface area contributed by atoms with Crippen LogP contribution in [0.5, 0.6) is 0 Å². The predicted octanol–water partition coefficient (Wildman–Crippen LogP) is 11.7. The van der Waals surface area contributed by atoms with Gasteiger partial charge in [0.25, 0.3) is 0 Å². The van der Waals surface area contributed by atoms with Crippen molar-refractivity contribution in [2.45, 2.75) is 33.1 Å². The van der Waals surface area contributed by atoms with Crippen LogP contribution in [0, 0.1) is 22.7 Å². The number of rotatable bonds is 9. The third-order valence-electron chi connectivity index (χ3n) is 9.38. The summed E-state index contributed by atoms with van der Waals surface area (Å²) < 4.78 is 2.36. The Morgan fingerprint density at radius 2 is 1.34 bits per heavy atom. The molecule has 4 nitrogen and oxygen atoms in total. The van der Waals surface area contributed by atoms with Gasteiger partial charge in [-0.3, -0.25) is 4.99 Å². The maximum atomic E-state index is 9.63. The summed E-state index contributed by atoms with van der Waals surface area (Å²) in [5.74, 6) is 0. The molecule has 7 aromatic rings. The molecule has 240 valence electrons. The van der Waals surface area contributed by atoms with Gasteiger partial charge in [-0.15, -0.1) is 0 Å². The molecule has 0 fully saturated rings. The van der Waals surface area contributed by atoms with E-state index in [-0.39, 0.29) is 0 Å². The normalized spacial score (nSPS) is 11.4. The first kappa shape index (κ1) is 32.1. The Morgan fingerprint density at radius 1 is 0.660 bits per heavy atom. The van der Waals surface area contributed by atoms with Crippen LogP contribution in [-0.2, 0) is 6.42 Å². The molecule has 0 unspecified atom stereocenters. The molecule has 0 N–H and O–H groups in total. The smallest absolute Gasteiger partial charge is 0.0991 e. The van der Waals surface area contributed by atoms with Crippen LogP contribution in [0.4, 0.5) is 0 Å². The third kappa shape index (κ3) is 6.24. The molecule has 6 aromatic carbocycles. The number of nitrogens with zero attached hydrogens (tertiary/aromatic N) is 4. The van der Waals surface area contributed by atoms with E-state index in [2.05, 4.69) is 109 Å². The van der Waals surface area contributed by atoms with Crippen LogP contribution in [0.15, 0.2) is 145 Å². The molecular formula is C46H36N4. The summed E-state index contributed by atoms with van der Waals surface area (Å²) in [6, 6.07) is 50.0. The Hall–Kier alpha value is -6.49. The van der Waals surface area contributed by atoms with E-state index in [1.54, 1.807) is 0 Å². The van der Waals surface area contributed by atoms with E-state index >= 15 is 0 Å².